The third-order valence-corrected chi connectivity index (χ3v) is 3.33. The summed E-state index contributed by atoms with van der Waals surface area (Å²) in [5, 5.41) is 3.16. The number of rotatable bonds is 6. The van der Waals surface area contributed by atoms with Crippen LogP contribution >= 0.6 is 0 Å². The summed E-state index contributed by atoms with van der Waals surface area (Å²) in [4.78, 5) is 0. The second kappa shape index (κ2) is 6.96. The highest BCUT2D eigenvalue weighted by Gasteiger charge is 2.06. The van der Waals surface area contributed by atoms with Crippen molar-refractivity contribution in [2.45, 2.75) is 6.42 Å². The van der Waals surface area contributed by atoms with Gasteiger partial charge >= 0.3 is 0 Å². The van der Waals surface area contributed by atoms with Crippen molar-refractivity contribution in [3.8, 4) is 22.6 Å². The zero-order chi connectivity index (χ0) is 14.4. The molecule has 0 aliphatic heterocycles. The smallest absolute Gasteiger partial charge is 0.161 e. The van der Waals surface area contributed by atoms with E-state index in [1.54, 1.807) is 14.2 Å². The second-order valence-corrected chi connectivity index (χ2v) is 4.62. The first-order valence-corrected chi connectivity index (χ1v) is 6.74. The average Bonchev–Trinajstić information content (AvgIpc) is 2.52. The first kappa shape index (κ1) is 14.4. The minimum atomic E-state index is 0.752. The maximum Gasteiger partial charge on any atom is 0.161 e. The molecule has 3 heteroatoms. The van der Waals surface area contributed by atoms with Gasteiger partial charge in [0.15, 0.2) is 11.5 Å². The number of nitrogens with one attached hydrogen (secondary N) is 1. The molecule has 0 saturated carbocycles. The second-order valence-electron chi connectivity index (χ2n) is 4.62. The Hall–Kier alpha value is -2.00. The van der Waals surface area contributed by atoms with Gasteiger partial charge in [-0.1, -0.05) is 30.3 Å². The van der Waals surface area contributed by atoms with Crippen LogP contribution < -0.4 is 14.8 Å². The monoisotopic (exact) mass is 271 g/mol. The molecule has 2 rings (SSSR count). The fourth-order valence-electron chi connectivity index (χ4n) is 2.15. The average molecular weight is 271 g/mol. The van der Waals surface area contributed by atoms with Gasteiger partial charge in [-0.05, 0) is 48.8 Å². The minimum absolute atomic E-state index is 0.752. The van der Waals surface area contributed by atoms with Gasteiger partial charge in [0.2, 0.25) is 0 Å². The van der Waals surface area contributed by atoms with Crippen molar-refractivity contribution >= 4 is 0 Å². The van der Waals surface area contributed by atoms with E-state index in [1.165, 1.54) is 11.1 Å². The Morgan fingerprint density at radius 1 is 0.850 bits per heavy atom. The molecule has 0 radical (unpaired) electrons. The zero-order valence-electron chi connectivity index (χ0n) is 12.3. The highest BCUT2D eigenvalue weighted by atomic mass is 16.5. The fourth-order valence-corrected chi connectivity index (χ4v) is 2.15. The Labute approximate surface area is 120 Å². The predicted molar refractivity (Wildman–Crippen MR) is 82.6 cm³/mol. The van der Waals surface area contributed by atoms with Gasteiger partial charge in [-0.2, -0.15) is 0 Å². The van der Waals surface area contributed by atoms with E-state index < -0.39 is 0 Å². The summed E-state index contributed by atoms with van der Waals surface area (Å²) >= 11 is 0. The van der Waals surface area contributed by atoms with Crippen molar-refractivity contribution in [3.63, 3.8) is 0 Å². The number of hydrogen-bond donors (Lipinski definition) is 1. The molecule has 20 heavy (non-hydrogen) atoms. The summed E-state index contributed by atoms with van der Waals surface area (Å²) in [6.45, 7) is 0.996. The van der Waals surface area contributed by atoms with Crippen LogP contribution in [0.5, 0.6) is 11.5 Å². The third kappa shape index (κ3) is 3.31. The van der Waals surface area contributed by atoms with E-state index in [4.69, 9.17) is 9.47 Å². The zero-order valence-corrected chi connectivity index (χ0v) is 12.3. The van der Waals surface area contributed by atoms with E-state index in [0.717, 1.165) is 30.0 Å². The third-order valence-electron chi connectivity index (χ3n) is 3.33. The van der Waals surface area contributed by atoms with Gasteiger partial charge in [0.25, 0.3) is 0 Å². The summed E-state index contributed by atoms with van der Waals surface area (Å²) in [7, 11) is 5.27. The molecule has 0 heterocycles. The number of likely N-dealkylation sites (N-methyl/N-ethyl adjacent to an activating group) is 1. The summed E-state index contributed by atoms with van der Waals surface area (Å²) in [5.41, 5.74) is 3.64. The molecule has 0 aliphatic carbocycles. The van der Waals surface area contributed by atoms with Crippen LogP contribution in [-0.4, -0.2) is 27.8 Å². The molecule has 0 aliphatic rings. The molecule has 0 saturated heterocycles. The molecule has 0 fully saturated rings. The molecule has 0 bridgehead atoms. The van der Waals surface area contributed by atoms with Gasteiger partial charge in [0.1, 0.15) is 0 Å². The van der Waals surface area contributed by atoms with Gasteiger partial charge < -0.3 is 14.8 Å². The van der Waals surface area contributed by atoms with Gasteiger partial charge in [0.05, 0.1) is 14.2 Å². The molecular formula is C17H21NO2. The molecule has 3 nitrogen and oxygen atoms in total. The minimum Gasteiger partial charge on any atom is -0.493 e. The maximum atomic E-state index is 5.34. The Kier molecular flexibility index (Phi) is 5.02. The normalized spacial score (nSPS) is 10.3. The van der Waals surface area contributed by atoms with Crippen molar-refractivity contribution in [1.29, 1.82) is 0 Å². The van der Waals surface area contributed by atoms with Crippen molar-refractivity contribution in [2.75, 3.05) is 27.8 Å². The number of hydrogen-bond acceptors (Lipinski definition) is 3. The lowest BCUT2D eigenvalue weighted by Crippen LogP contribution is -2.10. The molecule has 0 atom stereocenters. The van der Waals surface area contributed by atoms with Crippen LogP contribution in [0.15, 0.2) is 42.5 Å². The highest BCUT2D eigenvalue weighted by molar-refractivity contribution is 5.67. The Balaban J connectivity index is 2.22. The van der Waals surface area contributed by atoms with Crippen LogP contribution in [-0.2, 0) is 6.42 Å². The van der Waals surface area contributed by atoms with Crippen molar-refractivity contribution in [3.05, 3.63) is 48.0 Å². The van der Waals surface area contributed by atoms with Gasteiger partial charge in [-0.15, -0.1) is 0 Å². The van der Waals surface area contributed by atoms with E-state index in [2.05, 4.69) is 29.6 Å². The van der Waals surface area contributed by atoms with Gasteiger partial charge in [-0.25, -0.2) is 0 Å². The molecule has 106 valence electrons. The Morgan fingerprint density at radius 3 is 2.10 bits per heavy atom. The van der Waals surface area contributed by atoms with E-state index in [-0.39, 0.29) is 0 Å². The quantitative estimate of drug-likeness (QED) is 0.875. The molecule has 1 N–H and O–H groups in total. The standard InChI is InChI=1S/C17H21NO2/c1-18-11-10-13-4-6-14(7-5-13)15-8-9-16(19-2)17(12-15)20-3/h4-9,12,18H,10-11H2,1-3H3. The van der Waals surface area contributed by atoms with E-state index in [9.17, 15) is 0 Å². The lowest BCUT2D eigenvalue weighted by atomic mass is 10.0. The summed E-state index contributed by atoms with van der Waals surface area (Å²) in [6.07, 6.45) is 1.04. The lowest BCUT2D eigenvalue weighted by molar-refractivity contribution is 0.355. The molecule has 2 aromatic carbocycles. The number of ether oxygens (including phenoxy) is 2. The predicted octanol–water partition coefficient (Wildman–Crippen LogP) is 3.13. The van der Waals surface area contributed by atoms with Crippen LogP contribution in [0.1, 0.15) is 5.56 Å². The van der Waals surface area contributed by atoms with E-state index in [1.807, 2.05) is 25.2 Å². The Bertz CT molecular complexity index is 549. The van der Waals surface area contributed by atoms with Crippen LogP contribution in [0, 0.1) is 0 Å². The SMILES string of the molecule is CNCCc1ccc(-c2ccc(OC)c(OC)c2)cc1. The molecule has 0 aromatic heterocycles. The van der Waals surface area contributed by atoms with Crippen molar-refractivity contribution in [1.82, 2.24) is 5.32 Å². The topological polar surface area (TPSA) is 30.5 Å². The Morgan fingerprint density at radius 2 is 1.50 bits per heavy atom. The van der Waals surface area contributed by atoms with Crippen molar-refractivity contribution < 1.29 is 9.47 Å². The van der Waals surface area contributed by atoms with Crippen LogP contribution in [0.25, 0.3) is 11.1 Å². The van der Waals surface area contributed by atoms with E-state index >= 15 is 0 Å². The van der Waals surface area contributed by atoms with Crippen LogP contribution in [0.4, 0.5) is 0 Å². The molecule has 0 unspecified atom stereocenters. The van der Waals surface area contributed by atoms with Crippen LogP contribution in [0.3, 0.4) is 0 Å². The highest BCUT2D eigenvalue weighted by Crippen LogP contribution is 2.32. The summed E-state index contributed by atoms with van der Waals surface area (Å²) in [5.74, 6) is 1.51. The summed E-state index contributed by atoms with van der Waals surface area (Å²) in [6, 6.07) is 14.6. The number of methoxy groups -OCH3 is 2. The van der Waals surface area contributed by atoms with Crippen LogP contribution in [0.2, 0.25) is 0 Å². The maximum absolute atomic E-state index is 5.34. The molecule has 0 amide bonds. The fraction of sp³-hybridized carbons (Fsp3) is 0.294. The lowest BCUT2D eigenvalue weighted by Gasteiger charge is -2.10. The molecule has 0 spiro atoms. The molecular weight excluding hydrogens is 250 g/mol. The summed E-state index contributed by atoms with van der Waals surface area (Å²) < 4.78 is 10.6. The molecule has 2 aromatic rings. The first-order valence-electron chi connectivity index (χ1n) is 6.74. The largest absolute Gasteiger partial charge is 0.493 e. The van der Waals surface area contributed by atoms with Gasteiger partial charge in [0, 0.05) is 0 Å². The number of benzene rings is 2. The first-order chi connectivity index (χ1) is 9.78. The van der Waals surface area contributed by atoms with E-state index in [0.29, 0.717) is 0 Å². The van der Waals surface area contributed by atoms with Crippen molar-refractivity contribution in [2.24, 2.45) is 0 Å². The van der Waals surface area contributed by atoms with Gasteiger partial charge in [-0.3, -0.25) is 0 Å².